The summed E-state index contributed by atoms with van der Waals surface area (Å²) in [6.07, 6.45) is -0.190. The van der Waals surface area contributed by atoms with E-state index < -0.39 is 38.6 Å². The summed E-state index contributed by atoms with van der Waals surface area (Å²) in [5.74, 6) is -3.01. The van der Waals surface area contributed by atoms with Gasteiger partial charge in [-0.3, -0.25) is 4.79 Å². The molecule has 0 aromatic heterocycles. The molecule has 2 aromatic rings. The van der Waals surface area contributed by atoms with Crippen LogP contribution >= 0.6 is 11.6 Å². The number of carbonyl (C=O) groups excluding carboxylic acids is 1. The molecule has 0 spiro atoms. The molecule has 0 radical (unpaired) electrons. The second-order valence-electron chi connectivity index (χ2n) is 5.58. The summed E-state index contributed by atoms with van der Waals surface area (Å²) in [5, 5.41) is 35.2. The van der Waals surface area contributed by atoms with E-state index in [9.17, 15) is 33.3 Å². The SMILES string of the molecule is NS(=O)(=O)c1cc(C(=O)N[C@@H](Cc2ccc(O)c(O)c2)C(=O)O)ccc1Cl. The van der Waals surface area contributed by atoms with Gasteiger partial charge in [-0.1, -0.05) is 17.7 Å². The normalized spacial score (nSPS) is 12.4. The first kappa shape index (κ1) is 20.5. The quantitative estimate of drug-likeness (QED) is 0.436. The highest BCUT2D eigenvalue weighted by atomic mass is 35.5. The zero-order valence-electron chi connectivity index (χ0n) is 13.6. The van der Waals surface area contributed by atoms with Crippen LogP contribution in [0.25, 0.3) is 0 Å². The van der Waals surface area contributed by atoms with Crippen molar-refractivity contribution < 1.29 is 33.3 Å². The summed E-state index contributed by atoms with van der Waals surface area (Å²) < 4.78 is 23.0. The van der Waals surface area contributed by atoms with Gasteiger partial charge in [0.1, 0.15) is 10.9 Å². The number of primary sulfonamides is 1. The van der Waals surface area contributed by atoms with E-state index in [4.69, 9.17) is 16.7 Å². The lowest BCUT2D eigenvalue weighted by Crippen LogP contribution is -2.42. The molecule has 0 aliphatic rings. The molecule has 0 saturated heterocycles. The van der Waals surface area contributed by atoms with Gasteiger partial charge in [0.2, 0.25) is 10.0 Å². The molecule has 1 atom stereocenters. The molecule has 0 bridgehead atoms. The summed E-state index contributed by atoms with van der Waals surface area (Å²) in [6, 6.07) is 5.68. The van der Waals surface area contributed by atoms with E-state index in [2.05, 4.69) is 5.32 Å². The first-order valence-electron chi connectivity index (χ1n) is 7.36. The number of rotatable bonds is 6. The number of aromatic hydroxyl groups is 2. The lowest BCUT2D eigenvalue weighted by Gasteiger charge is -2.15. The molecule has 0 aliphatic heterocycles. The second-order valence-corrected chi connectivity index (χ2v) is 7.52. The lowest BCUT2D eigenvalue weighted by atomic mass is 10.0. The number of phenols is 2. The fraction of sp³-hybridized carbons (Fsp3) is 0.125. The average Bonchev–Trinajstić information content (AvgIpc) is 2.56. The standard InChI is InChI=1S/C16H15ClN2O7S/c17-10-3-2-9(7-14(10)27(18,25)26)15(22)19-11(16(23)24)5-8-1-4-12(20)13(21)6-8/h1-4,6-7,11,20-21H,5H2,(H,19,22)(H,23,24)(H2,18,25,26)/t11-/m0/s1. The van der Waals surface area contributed by atoms with Crippen LogP contribution in [0.2, 0.25) is 5.02 Å². The summed E-state index contributed by atoms with van der Waals surface area (Å²) in [7, 11) is -4.17. The van der Waals surface area contributed by atoms with Gasteiger partial charge in [0, 0.05) is 12.0 Å². The molecule has 0 saturated carbocycles. The van der Waals surface area contributed by atoms with Crippen LogP contribution in [0.5, 0.6) is 11.5 Å². The number of halogens is 1. The number of amides is 1. The van der Waals surface area contributed by atoms with E-state index in [0.29, 0.717) is 5.56 Å². The molecule has 1 amide bonds. The van der Waals surface area contributed by atoms with Gasteiger partial charge in [0.25, 0.3) is 5.91 Å². The Morgan fingerprint density at radius 3 is 2.33 bits per heavy atom. The van der Waals surface area contributed by atoms with Crippen molar-refractivity contribution in [1.29, 1.82) is 0 Å². The summed E-state index contributed by atoms with van der Waals surface area (Å²) in [4.78, 5) is 23.3. The summed E-state index contributed by atoms with van der Waals surface area (Å²) >= 11 is 5.75. The van der Waals surface area contributed by atoms with Crippen LogP contribution in [0.4, 0.5) is 0 Å². The van der Waals surface area contributed by atoms with Gasteiger partial charge < -0.3 is 20.6 Å². The van der Waals surface area contributed by atoms with Gasteiger partial charge in [0.05, 0.1) is 5.02 Å². The third kappa shape index (κ3) is 5.09. The minimum absolute atomic E-state index is 0.150. The van der Waals surface area contributed by atoms with Crippen LogP contribution in [0, 0.1) is 0 Å². The Labute approximate surface area is 159 Å². The number of carbonyl (C=O) groups is 2. The third-order valence-electron chi connectivity index (χ3n) is 3.58. The van der Waals surface area contributed by atoms with E-state index in [1.807, 2.05) is 0 Å². The van der Waals surface area contributed by atoms with Crippen LogP contribution in [-0.2, 0) is 21.2 Å². The fourth-order valence-electron chi connectivity index (χ4n) is 2.24. The zero-order chi connectivity index (χ0) is 20.4. The molecule has 0 unspecified atom stereocenters. The van der Waals surface area contributed by atoms with Gasteiger partial charge >= 0.3 is 5.97 Å². The van der Waals surface area contributed by atoms with E-state index in [0.717, 1.165) is 12.1 Å². The van der Waals surface area contributed by atoms with Gasteiger partial charge in [-0.15, -0.1) is 0 Å². The van der Waals surface area contributed by atoms with E-state index in [1.54, 1.807) is 0 Å². The Balaban J connectivity index is 2.25. The number of aliphatic carboxylic acids is 1. The number of benzene rings is 2. The van der Waals surface area contributed by atoms with E-state index in [1.165, 1.54) is 24.3 Å². The second kappa shape index (κ2) is 7.82. The predicted molar refractivity (Wildman–Crippen MR) is 95.2 cm³/mol. The molecule has 144 valence electrons. The van der Waals surface area contributed by atoms with Crippen molar-refractivity contribution in [3.8, 4) is 11.5 Å². The fourth-order valence-corrected chi connectivity index (χ4v) is 3.31. The maximum Gasteiger partial charge on any atom is 0.326 e. The molecular formula is C16H15ClN2O7S. The molecule has 9 nitrogen and oxygen atoms in total. The molecule has 2 rings (SSSR count). The molecule has 0 aliphatic carbocycles. The van der Waals surface area contributed by atoms with Gasteiger partial charge in [-0.25, -0.2) is 18.4 Å². The number of nitrogens with one attached hydrogen (secondary N) is 1. The molecule has 2 aromatic carbocycles. The zero-order valence-corrected chi connectivity index (χ0v) is 15.2. The van der Waals surface area contributed by atoms with E-state index >= 15 is 0 Å². The Hall–Kier alpha value is -2.82. The highest BCUT2D eigenvalue weighted by molar-refractivity contribution is 7.89. The Morgan fingerprint density at radius 2 is 1.78 bits per heavy atom. The van der Waals surface area contributed by atoms with Crippen molar-refractivity contribution in [2.45, 2.75) is 17.4 Å². The number of carboxylic acid groups (broad SMARTS) is 1. The number of phenolic OH excluding ortho intramolecular Hbond substituents is 2. The van der Waals surface area contributed by atoms with E-state index in [-0.39, 0.29) is 22.8 Å². The molecule has 6 N–H and O–H groups in total. The van der Waals surface area contributed by atoms with Gasteiger partial charge in [-0.2, -0.15) is 0 Å². The molecule has 27 heavy (non-hydrogen) atoms. The Bertz CT molecular complexity index is 1010. The first-order chi connectivity index (χ1) is 12.5. The highest BCUT2D eigenvalue weighted by Gasteiger charge is 2.23. The largest absolute Gasteiger partial charge is 0.504 e. The van der Waals surface area contributed by atoms with Gasteiger partial charge in [-0.05, 0) is 35.9 Å². The molecular weight excluding hydrogens is 400 g/mol. The maximum atomic E-state index is 12.3. The molecule has 11 heteroatoms. The predicted octanol–water partition coefficient (Wildman–Crippen LogP) is 0.824. The Kier molecular flexibility index (Phi) is 5.94. The van der Waals surface area contributed by atoms with Crippen molar-refractivity contribution in [1.82, 2.24) is 5.32 Å². The Morgan fingerprint density at radius 1 is 1.11 bits per heavy atom. The van der Waals surface area contributed by atoms with Crippen LogP contribution in [-0.4, -0.2) is 41.7 Å². The topological polar surface area (TPSA) is 167 Å². The van der Waals surface area contributed by atoms with Crippen molar-refractivity contribution in [2.75, 3.05) is 0 Å². The number of nitrogens with two attached hydrogens (primary N) is 1. The minimum atomic E-state index is -4.17. The highest BCUT2D eigenvalue weighted by Crippen LogP contribution is 2.25. The van der Waals surface area contributed by atoms with Crippen molar-refractivity contribution >= 4 is 33.5 Å². The maximum absolute atomic E-state index is 12.3. The van der Waals surface area contributed by atoms with Crippen molar-refractivity contribution in [2.24, 2.45) is 5.14 Å². The summed E-state index contributed by atoms with van der Waals surface area (Å²) in [5.41, 5.74) is 0.197. The molecule has 0 heterocycles. The smallest absolute Gasteiger partial charge is 0.326 e. The van der Waals surface area contributed by atoms with Crippen LogP contribution in [0.1, 0.15) is 15.9 Å². The average molecular weight is 415 g/mol. The first-order valence-corrected chi connectivity index (χ1v) is 9.28. The number of hydrogen-bond donors (Lipinski definition) is 5. The van der Waals surface area contributed by atoms with Crippen LogP contribution in [0.15, 0.2) is 41.3 Å². The molecule has 0 fully saturated rings. The third-order valence-corrected chi connectivity index (χ3v) is 4.98. The number of sulfonamides is 1. The van der Waals surface area contributed by atoms with Crippen molar-refractivity contribution in [3.63, 3.8) is 0 Å². The van der Waals surface area contributed by atoms with Crippen LogP contribution in [0.3, 0.4) is 0 Å². The van der Waals surface area contributed by atoms with Crippen molar-refractivity contribution in [3.05, 3.63) is 52.5 Å². The number of carboxylic acids is 1. The van der Waals surface area contributed by atoms with Crippen LogP contribution < -0.4 is 10.5 Å². The number of hydrogen-bond acceptors (Lipinski definition) is 6. The summed E-state index contributed by atoms with van der Waals surface area (Å²) in [6.45, 7) is 0. The minimum Gasteiger partial charge on any atom is -0.504 e. The monoisotopic (exact) mass is 414 g/mol. The lowest BCUT2D eigenvalue weighted by molar-refractivity contribution is -0.139. The van der Waals surface area contributed by atoms with Gasteiger partial charge in [0.15, 0.2) is 11.5 Å².